The number of carbonyl (C=O) groups is 1. The van der Waals surface area contributed by atoms with Gasteiger partial charge >= 0.3 is 5.69 Å². The lowest BCUT2D eigenvalue weighted by atomic mass is 9.96. The highest BCUT2D eigenvalue weighted by Gasteiger charge is 2.35. The van der Waals surface area contributed by atoms with Gasteiger partial charge in [0, 0.05) is 30.7 Å². The van der Waals surface area contributed by atoms with E-state index in [-0.39, 0.29) is 36.7 Å². The molecular weight excluding hydrogens is 420 g/mol. The fourth-order valence-electron chi connectivity index (χ4n) is 3.85. The molecule has 3 N–H and O–H groups in total. The van der Waals surface area contributed by atoms with Gasteiger partial charge in [0.15, 0.2) is 4.90 Å². The monoisotopic (exact) mass is 448 g/mol. The minimum atomic E-state index is -4.06. The number of hydrogen-bond acceptors (Lipinski definition) is 5. The molecule has 1 aromatic heterocycles. The molecule has 0 aliphatic carbocycles. The molecule has 3 rings (SSSR count). The quantitative estimate of drug-likeness (QED) is 0.579. The summed E-state index contributed by atoms with van der Waals surface area (Å²) in [5.41, 5.74) is -0.470. The van der Waals surface area contributed by atoms with Crippen molar-refractivity contribution in [1.82, 2.24) is 19.6 Å². The summed E-state index contributed by atoms with van der Waals surface area (Å²) in [4.78, 5) is 39.8. The summed E-state index contributed by atoms with van der Waals surface area (Å²) in [6.07, 6.45) is 2.43. The maximum atomic E-state index is 12.9. The van der Waals surface area contributed by atoms with Crippen molar-refractivity contribution in [1.29, 1.82) is 0 Å². The van der Waals surface area contributed by atoms with Crippen LogP contribution in [0.5, 0.6) is 0 Å². The lowest BCUT2D eigenvalue weighted by Crippen LogP contribution is -2.46. The number of rotatable bonds is 7. The minimum absolute atomic E-state index is 0.000794. The average Bonchev–Trinajstić information content (AvgIpc) is 2.72. The third kappa shape index (κ3) is 5.50. The number of piperidine rings is 1. The Hall–Kier alpha value is -2.72. The summed E-state index contributed by atoms with van der Waals surface area (Å²) in [6, 6.07) is 10.1. The topological polar surface area (TPSA) is 132 Å². The smallest absolute Gasteiger partial charge is 0.325 e. The van der Waals surface area contributed by atoms with Crippen molar-refractivity contribution in [2.75, 3.05) is 13.1 Å². The molecule has 1 aliphatic rings. The number of hydrogen-bond donors (Lipinski definition) is 3. The second kappa shape index (κ2) is 9.61. The number of H-pyrrole nitrogens is 2. The average molecular weight is 449 g/mol. The van der Waals surface area contributed by atoms with Gasteiger partial charge in [-0.1, -0.05) is 30.3 Å². The first-order valence-corrected chi connectivity index (χ1v) is 11.8. The number of nitrogens with zero attached hydrogens (tertiary/aromatic N) is 1. The van der Waals surface area contributed by atoms with Crippen LogP contribution in [0.1, 0.15) is 37.4 Å². The van der Waals surface area contributed by atoms with Crippen LogP contribution in [0.25, 0.3) is 0 Å². The molecule has 1 fully saturated rings. The number of benzene rings is 1. The summed E-state index contributed by atoms with van der Waals surface area (Å²) in [5, 5.41) is 3.03. The Morgan fingerprint density at radius 2 is 1.81 bits per heavy atom. The van der Waals surface area contributed by atoms with Gasteiger partial charge in [0.1, 0.15) is 0 Å². The van der Waals surface area contributed by atoms with Crippen molar-refractivity contribution in [3.63, 3.8) is 0 Å². The third-order valence-corrected chi connectivity index (χ3v) is 7.65. The van der Waals surface area contributed by atoms with E-state index < -0.39 is 26.2 Å². The van der Waals surface area contributed by atoms with E-state index in [4.69, 9.17) is 0 Å². The van der Waals surface area contributed by atoms with Crippen molar-refractivity contribution >= 4 is 15.9 Å². The van der Waals surface area contributed by atoms with Crippen LogP contribution in [-0.2, 0) is 21.2 Å². The first-order chi connectivity index (χ1) is 14.7. The van der Waals surface area contributed by atoms with Gasteiger partial charge in [-0.05, 0) is 45.1 Å². The van der Waals surface area contributed by atoms with Crippen LogP contribution in [0.4, 0.5) is 0 Å². The zero-order valence-electron chi connectivity index (χ0n) is 17.7. The van der Waals surface area contributed by atoms with Gasteiger partial charge in [-0.15, -0.1) is 0 Å². The molecule has 2 heterocycles. The number of sulfonamides is 1. The van der Waals surface area contributed by atoms with Gasteiger partial charge < -0.3 is 10.3 Å². The lowest BCUT2D eigenvalue weighted by Gasteiger charge is -2.31. The van der Waals surface area contributed by atoms with Crippen LogP contribution in [-0.4, -0.2) is 47.7 Å². The second-order valence-electron chi connectivity index (χ2n) is 7.97. The third-order valence-electron chi connectivity index (χ3n) is 5.60. The highest BCUT2D eigenvalue weighted by molar-refractivity contribution is 7.89. The summed E-state index contributed by atoms with van der Waals surface area (Å²) in [7, 11) is -4.06. The maximum absolute atomic E-state index is 12.9. The molecule has 0 unspecified atom stereocenters. The Morgan fingerprint density at radius 3 is 2.42 bits per heavy atom. The zero-order valence-corrected chi connectivity index (χ0v) is 18.5. The van der Waals surface area contributed by atoms with Gasteiger partial charge in [-0.3, -0.25) is 14.6 Å². The molecule has 31 heavy (non-hydrogen) atoms. The van der Waals surface area contributed by atoms with Gasteiger partial charge in [-0.25, -0.2) is 13.2 Å². The normalized spacial score (nSPS) is 16.7. The molecule has 0 radical (unpaired) electrons. The summed E-state index contributed by atoms with van der Waals surface area (Å²) in [5.74, 6) is -0.351. The van der Waals surface area contributed by atoms with Crippen LogP contribution >= 0.6 is 0 Å². The first kappa shape index (κ1) is 23.0. The van der Waals surface area contributed by atoms with Gasteiger partial charge in [0.05, 0.1) is 0 Å². The van der Waals surface area contributed by atoms with E-state index in [1.54, 1.807) is 0 Å². The molecular formula is C21H28N4O5S. The number of nitrogens with one attached hydrogen (secondary N) is 3. The second-order valence-corrected chi connectivity index (χ2v) is 9.85. The van der Waals surface area contributed by atoms with E-state index in [2.05, 4.69) is 22.4 Å². The Balaban J connectivity index is 1.56. The fraction of sp³-hybridized carbons (Fsp3) is 0.476. The van der Waals surface area contributed by atoms with E-state index in [1.807, 2.05) is 30.1 Å². The Morgan fingerprint density at radius 1 is 1.16 bits per heavy atom. The molecule has 9 nitrogen and oxygen atoms in total. The molecule has 2 aromatic rings. The highest BCUT2D eigenvalue weighted by Crippen LogP contribution is 2.23. The molecule has 0 saturated carbocycles. The zero-order chi connectivity index (χ0) is 22.6. The Kier molecular flexibility index (Phi) is 7.11. The van der Waals surface area contributed by atoms with Crippen LogP contribution in [0.3, 0.4) is 0 Å². The summed E-state index contributed by atoms with van der Waals surface area (Å²) >= 11 is 0. The molecule has 10 heteroatoms. The van der Waals surface area contributed by atoms with E-state index in [9.17, 15) is 22.8 Å². The van der Waals surface area contributed by atoms with E-state index >= 15 is 0 Å². The van der Waals surface area contributed by atoms with Crippen LogP contribution in [0.15, 0.2) is 44.8 Å². The number of amides is 1. The van der Waals surface area contributed by atoms with Crippen molar-refractivity contribution in [3.05, 3.63) is 62.4 Å². The largest absolute Gasteiger partial charge is 0.353 e. The molecule has 1 atom stereocenters. The van der Waals surface area contributed by atoms with Crippen molar-refractivity contribution in [2.45, 2.75) is 50.5 Å². The molecule has 1 aliphatic heterocycles. The van der Waals surface area contributed by atoms with Crippen molar-refractivity contribution in [3.8, 4) is 0 Å². The Labute approximate surface area is 180 Å². The van der Waals surface area contributed by atoms with Crippen LogP contribution < -0.4 is 16.6 Å². The molecule has 1 aromatic carbocycles. The summed E-state index contributed by atoms with van der Waals surface area (Å²) < 4.78 is 27.0. The van der Waals surface area contributed by atoms with Gasteiger partial charge in [-0.2, -0.15) is 4.31 Å². The number of aromatic nitrogens is 2. The fourth-order valence-corrected chi connectivity index (χ4v) is 5.52. The minimum Gasteiger partial charge on any atom is -0.353 e. The predicted octanol–water partition coefficient (Wildman–Crippen LogP) is 0.910. The van der Waals surface area contributed by atoms with E-state index in [0.29, 0.717) is 12.8 Å². The molecule has 0 spiro atoms. The van der Waals surface area contributed by atoms with Crippen LogP contribution in [0.2, 0.25) is 0 Å². The molecule has 1 saturated heterocycles. The first-order valence-electron chi connectivity index (χ1n) is 10.4. The standard InChI is InChI=1S/C21H28N4O5S/c1-14(8-9-16-6-4-3-5-7-16)22-19(26)17-10-12-25(13-11-17)31(29,30)18-15(2)23-21(28)24-20(18)27/h3-7,14,17H,8-13H2,1-2H3,(H,22,26)(H2,23,24,27,28)/t14-/m0/s1. The highest BCUT2D eigenvalue weighted by atomic mass is 32.2. The van der Waals surface area contributed by atoms with Crippen molar-refractivity contribution in [2.24, 2.45) is 5.92 Å². The predicted molar refractivity (Wildman–Crippen MR) is 116 cm³/mol. The van der Waals surface area contributed by atoms with E-state index in [1.165, 1.54) is 16.8 Å². The molecule has 1 amide bonds. The van der Waals surface area contributed by atoms with Gasteiger partial charge in [0.2, 0.25) is 15.9 Å². The lowest BCUT2D eigenvalue weighted by molar-refractivity contribution is -0.126. The molecule has 168 valence electrons. The van der Waals surface area contributed by atoms with Crippen LogP contribution in [0, 0.1) is 12.8 Å². The Bertz CT molecular complexity index is 1130. The number of carbonyl (C=O) groups excluding carboxylic acids is 1. The summed E-state index contributed by atoms with van der Waals surface area (Å²) in [6.45, 7) is 3.61. The van der Waals surface area contributed by atoms with Gasteiger partial charge in [0.25, 0.3) is 5.56 Å². The number of aryl methyl sites for hydroxylation is 2. The van der Waals surface area contributed by atoms with E-state index in [0.717, 1.165) is 12.8 Å². The SMILES string of the molecule is Cc1[nH]c(=O)[nH]c(=O)c1S(=O)(=O)N1CCC(C(=O)N[C@@H](C)CCc2ccccc2)CC1. The maximum Gasteiger partial charge on any atom is 0.325 e. The molecule has 0 bridgehead atoms. The van der Waals surface area contributed by atoms with Crippen molar-refractivity contribution < 1.29 is 13.2 Å². The number of aromatic amines is 2.